The van der Waals surface area contributed by atoms with E-state index in [9.17, 15) is 0 Å². The Kier molecular flexibility index (Phi) is 4.88. The molecule has 0 bridgehead atoms. The van der Waals surface area contributed by atoms with Crippen LogP contribution in [0.5, 0.6) is 0 Å². The summed E-state index contributed by atoms with van der Waals surface area (Å²) < 4.78 is 0. The number of aliphatic imine (C=N–C) groups is 1. The van der Waals surface area contributed by atoms with Gasteiger partial charge in [0.2, 0.25) is 0 Å². The van der Waals surface area contributed by atoms with Crippen LogP contribution in [0.1, 0.15) is 26.3 Å². The summed E-state index contributed by atoms with van der Waals surface area (Å²) >= 11 is 0. The molecule has 1 aliphatic heterocycles. The van der Waals surface area contributed by atoms with Crippen molar-refractivity contribution < 1.29 is 0 Å². The number of anilines is 1. The third-order valence-electron chi connectivity index (χ3n) is 4.06. The lowest BCUT2D eigenvalue weighted by Gasteiger charge is -2.27. The minimum atomic E-state index is 0.382. The number of benzene rings is 1. The summed E-state index contributed by atoms with van der Waals surface area (Å²) in [6.07, 6.45) is 1.13. The highest BCUT2D eigenvalue weighted by atomic mass is 15.3. The van der Waals surface area contributed by atoms with Crippen molar-refractivity contribution in [1.29, 1.82) is 0 Å². The molecule has 0 amide bonds. The van der Waals surface area contributed by atoms with E-state index in [2.05, 4.69) is 59.8 Å². The smallest absolute Gasteiger partial charge is 0.191 e. The van der Waals surface area contributed by atoms with E-state index in [1.807, 2.05) is 0 Å². The lowest BCUT2D eigenvalue weighted by molar-refractivity contribution is 0.457. The topological polar surface area (TPSA) is 44.9 Å². The first-order valence-electron chi connectivity index (χ1n) is 7.56. The van der Waals surface area contributed by atoms with Crippen LogP contribution in [-0.4, -0.2) is 43.1 Å². The Bertz CT molecular complexity index is 465. The van der Waals surface area contributed by atoms with Gasteiger partial charge in [-0.1, -0.05) is 18.2 Å². The van der Waals surface area contributed by atoms with Crippen molar-refractivity contribution in [3.05, 3.63) is 29.8 Å². The van der Waals surface area contributed by atoms with Gasteiger partial charge in [0, 0.05) is 31.4 Å². The van der Waals surface area contributed by atoms with Gasteiger partial charge < -0.3 is 15.5 Å². The normalized spacial score (nSPS) is 16.1. The molecule has 1 heterocycles. The van der Waals surface area contributed by atoms with Gasteiger partial charge in [-0.2, -0.15) is 0 Å². The van der Waals surface area contributed by atoms with Crippen LogP contribution in [0, 0.1) is 0 Å². The SMILES string of the molecule is CCN(CC)C(N)=NCC(C)N1CCc2ccccc21. The molecule has 1 aromatic rings. The molecular formula is C16H26N4. The first-order chi connectivity index (χ1) is 9.67. The summed E-state index contributed by atoms with van der Waals surface area (Å²) in [7, 11) is 0. The zero-order chi connectivity index (χ0) is 14.5. The predicted molar refractivity (Wildman–Crippen MR) is 86.4 cm³/mol. The standard InChI is InChI=1S/C16H26N4/c1-4-19(5-2)16(17)18-12-13(3)20-11-10-14-8-6-7-9-15(14)20/h6-9,13H,4-5,10-12H2,1-3H3,(H2,17,18). The van der Waals surface area contributed by atoms with E-state index in [1.165, 1.54) is 11.3 Å². The van der Waals surface area contributed by atoms with Gasteiger partial charge in [0.05, 0.1) is 6.54 Å². The maximum absolute atomic E-state index is 6.04. The molecule has 0 saturated carbocycles. The zero-order valence-electron chi connectivity index (χ0n) is 12.8. The zero-order valence-corrected chi connectivity index (χ0v) is 12.8. The summed E-state index contributed by atoms with van der Waals surface area (Å²) in [5.74, 6) is 0.661. The Labute approximate surface area is 122 Å². The fourth-order valence-corrected chi connectivity index (χ4v) is 2.79. The van der Waals surface area contributed by atoms with Gasteiger partial charge in [0.15, 0.2) is 5.96 Å². The summed E-state index contributed by atoms with van der Waals surface area (Å²) in [5, 5.41) is 0. The van der Waals surface area contributed by atoms with Crippen LogP contribution in [0.3, 0.4) is 0 Å². The van der Waals surface area contributed by atoms with Crippen LogP contribution in [0.15, 0.2) is 29.3 Å². The molecule has 0 aliphatic carbocycles. The fourth-order valence-electron chi connectivity index (χ4n) is 2.79. The van der Waals surface area contributed by atoms with E-state index in [-0.39, 0.29) is 0 Å². The van der Waals surface area contributed by atoms with Crippen LogP contribution in [0.25, 0.3) is 0 Å². The summed E-state index contributed by atoms with van der Waals surface area (Å²) in [6, 6.07) is 9.03. The van der Waals surface area contributed by atoms with E-state index < -0.39 is 0 Å². The molecule has 1 atom stereocenters. The Balaban J connectivity index is 2.00. The highest BCUT2D eigenvalue weighted by molar-refractivity contribution is 5.78. The average molecular weight is 274 g/mol. The minimum Gasteiger partial charge on any atom is -0.370 e. The van der Waals surface area contributed by atoms with Gasteiger partial charge in [0.25, 0.3) is 0 Å². The Morgan fingerprint density at radius 1 is 1.35 bits per heavy atom. The first kappa shape index (κ1) is 14.7. The van der Waals surface area contributed by atoms with Crippen molar-refractivity contribution in [1.82, 2.24) is 4.90 Å². The van der Waals surface area contributed by atoms with Crippen LogP contribution in [0.2, 0.25) is 0 Å². The molecule has 2 rings (SSSR count). The van der Waals surface area contributed by atoms with Crippen LogP contribution >= 0.6 is 0 Å². The largest absolute Gasteiger partial charge is 0.370 e. The highest BCUT2D eigenvalue weighted by Crippen LogP contribution is 2.29. The Hall–Kier alpha value is -1.71. The molecule has 20 heavy (non-hydrogen) atoms. The predicted octanol–water partition coefficient (Wildman–Crippen LogP) is 2.09. The van der Waals surface area contributed by atoms with Gasteiger partial charge in [0.1, 0.15) is 0 Å². The number of guanidine groups is 1. The lowest BCUT2D eigenvalue weighted by atomic mass is 10.2. The van der Waals surface area contributed by atoms with E-state index in [4.69, 9.17) is 5.73 Å². The molecule has 1 unspecified atom stereocenters. The fraction of sp³-hybridized carbons (Fsp3) is 0.562. The quantitative estimate of drug-likeness (QED) is 0.660. The molecule has 1 aromatic carbocycles. The maximum Gasteiger partial charge on any atom is 0.191 e. The van der Waals surface area contributed by atoms with Crippen molar-refractivity contribution in [2.45, 2.75) is 33.2 Å². The van der Waals surface area contributed by atoms with Crippen molar-refractivity contribution in [3.63, 3.8) is 0 Å². The van der Waals surface area contributed by atoms with Crippen molar-refractivity contribution in [2.24, 2.45) is 10.7 Å². The van der Waals surface area contributed by atoms with Crippen LogP contribution < -0.4 is 10.6 Å². The molecule has 0 spiro atoms. The highest BCUT2D eigenvalue weighted by Gasteiger charge is 2.22. The number of hydrogen-bond acceptors (Lipinski definition) is 2. The Morgan fingerprint density at radius 3 is 2.75 bits per heavy atom. The molecule has 0 radical (unpaired) electrons. The molecule has 0 saturated heterocycles. The van der Waals surface area contributed by atoms with E-state index in [0.29, 0.717) is 12.0 Å². The summed E-state index contributed by atoms with van der Waals surface area (Å²) in [6.45, 7) is 10.1. The second-order valence-electron chi connectivity index (χ2n) is 5.29. The van der Waals surface area contributed by atoms with Gasteiger partial charge in [-0.25, -0.2) is 0 Å². The first-order valence-corrected chi connectivity index (χ1v) is 7.56. The molecular weight excluding hydrogens is 248 g/mol. The number of fused-ring (bicyclic) bond motifs is 1. The van der Waals surface area contributed by atoms with Gasteiger partial charge >= 0.3 is 0 Å². The summed E-state index contributed by atoms with van der Waals surface area (Å²) in [5.41, 5.74) is 8.84. The van der Waals surface area contributed by atoms with Crippen molar-refractivity contribution in [2.75, 3.05) is 31.1 Å². The summed E-state index contributed by atoms with van der Waals surface area (Å²) in [4.78, 5) is 9.09. The number of nitrogens with zero attached hydrogens (tertiary/aromatic N) is 3. The lowest BCUT2D eigenvalue weighted by Crippen LogP contribution is -2.39. The average Bonchev–Trinajstić information content (AvgIpc) is 2.90. The third kappa shape index (κ3) is 3.06. The Morgan fingerprint density at radius 2 is 2.05 bits per heavy atom. The molecule has 110 valence electrons. The van der Waals surface area contributed by atoms with Crippen LogP contribution in [-0.2, 0) is 6.42 Å². The van der Waals surface area contributed by atoms with Crippen LogP contribution in [0.4, 0.5) is 5.69 Å². The van der Waals surface area contributed by atoms with Gasteiger partial charge in [-0.05, 0) is 38.8 Å². The minimum absolute atomic E-state index is 0.382. The number of rotatable bonds is 5. The van der Waals surface area contributed by atoms with E-state index in [1.54, 1.807) is 0 Å². The van der Waals surface area contributed by atoms with E-state index >= 15 is 0 Å². The monoisotopic (exact) mass is 274 g/mol. The molecule has 0 aromatic heterocycles. The molecule has 2 N–H and O–H groups in total. The maximum atomic E-state index is 6.04. The van der Waals surface area contributed by atoms with E-state index in [0.717, 1.165) is 32.6 Å². The number of nitrogens with two attached hydrogens (primary N) is 1. The number of hydrogen-bond donors (Lipinski definition) is 1. The third-order valence-corrected chi connectivity index (χ3v) is 4.06. The van der Waals surface area contributed by atoms with Gasteiger partial charge in [-0.15, -0.1) is 0 Å². The number of para-hydroxylation sites is 1. The van der Waals surface area contributed by atoms with Crippen molar-refractivity contribution in [3.8, 4) is 0 Å². The second-order valence-corrected chi connectivity index (χ2v) is 5.29. The van der Waals surface area contributed by atoms with Crippen molar-refractivity contribution >= 4 is 11.6 Å². The second kappa shape index (κ2) is 6.64. The molecule has 1 aliphatic rings. The van der Waals surface area contributed by atoms with Gasteiger partial charge in [-0.3, -0.25) is 4.99 Å². The molecule has 0 fully saturated rings. The molecule has 4 heteroatoms. The molecule has 4 nitrogen and oxygen atoms in total.